The van der Waals surface area contributed by atoms with Crippen LogP contribution in [0.1, 0.15) is 47.1 Å². The van der Waals surface area contributed by atoms with Crippen LogP contribution in [0.25, 0.3) is 0 Å². The Balaban J connectivity index is 1.86. The van der Waals surface area contributed by atoms with Crippen LogP contribution < -0.4 is 5.32 Å². The Morgan fingerprint density at radius 1 is 1.00 bits per heavy atom. The van der Waals surface area contributed by atoms with Gasteiger partial charge < -0.3 is 15.0 Å². The Labute approximate surface area is 195 Å². The van der Waals surface area contributed by atoms with Crippen molar-refractivity contribution >= 4 is 27.5 Å². The molecule has 1 aliphatic heterocycles. The van der Waals surface area contributed by atoms with Gasteiger partial charge in [-0.15, -0.1) is 0 Å². The van der Waals surface area contributed by atoms with Gasteiger partial charge in [-0.25, -0.2) is 8.42 Å². The molecule has 1 N–H and O–H groups in total. The van der Waals surface area contributed by atoms with E-state index < -0.39 is 15.9 Å². The molecule has 0 radical (unpaired) electrons. The third-order valence-electron chi connectivity index (χ3n) is 5.72. The molecule has 178 valence electrons. The van der Waals surface area contributed by atoms with Crippen molar-refractivity contribution in [1.82, 2.24) is 9.21 Å². The van der Waals surface area contributed by atoms with Gasteiger partial charge in [-0.2, -0.15) is 4.31 Å². The van der Waals surface area contributed by atoms with Crippen LogP contribution >= 0.6 is 0 Å². The van der Waals surface area contributed by atoms with Gasteiger partial charge in [0.2, 0.25) is 10.0 Å². The number of benzene rings is 2. The van der Waals surface area contributed by atoms with E-state index in [1.165, 1.54) is 10.4 Å². The fourth-order valence-corrected chi connectivity index (χ4v) is 5.51. The van der Waals surface area contributed by atoms with Gasteiger partial charge in [0, 0.05) is 43.0 Å². The van der Waals surface area contributed by atoms with E-state index in [9.17, 15) is 18.0 Å². The number of hydrogen-bond donors (Lipinski definition) is 1. The maximum absolute atomic E-state index is 13.2. The molecule has 1 heterocycles. The molecule has 9 heteroatoms. The van der Waals surface area contributed by atoms with Crippen molar-refractivity contribution in [3.05, 3.63) is 59.2 Å². The quantitative estimate of drug-likeness (QED) is 0.636. The van der Waals surface area contributed by atoms with Gasteiger partial charge in [-0.1, -0.05) is 19.1 Å². The lowest BCUT2D eigenvalue weighted by Gasteiger charge is -2.27. The average Bonchev–Trinajstić information content (AvgIpc) is 2.85. The van der Waals surface area contributed by atoms with Gasteiger partial charge in [-0.3, -0.25) is 9.59 Å². The Morgan fingerprint density at radius 2 is 1.70 bits per heavy atom. The summed E-state index contributed by atoms with van der Waals surface area (Å²) >= 11 is 0. The van der Waals surface area contributed by atoms with Crippen molar-refractivity contribution in [3.63, 3.8) is 0 Å². The first-order valence-electron chi connectivity index (χ1n) is 11.2. The third-order valence-corrected chi connectivity index (χ3v) is 7.70. The lowest BCUT2D eigenvalue weighted by Crippen LogP contribution is -2.41. The molecule has 33 heavy (non-hydrogen) atoms. The number of carbonyl (C=O) groups is 2. The molecule has 0 spiro atoms. The summed E-state index contributed by atoms with van der Waals surface area (Å²) in [5.74, 6) is -0.550. The van der Waals surface area contributed by atoms with Crippen LogP contribution in [0.5, 0.6) is 0 Å². The zero-order chi connectivity index (χ0) is 24.0. The number of sulfonamides is 1. The molecular formula is C24H31N3O5S. The number of nitrogens with one attached hydrogen (secondary N) is 1. The summed E-state index contributed by atoms with van der Waals surface area (Å²) in [4.78, 5) is 27.4. The first-order chi connectivity index (χ1) is 15.8. The van der Waals surface area contributed by atoms with Crippen LogP contribution in [0, 0.1) is 0 Å². The van der Waals surface area contributed by atoms with Crippen LogP contribution in [-0.2, 0) is 21.2 Å². The highest BCUT2D eigenvalue weighted by Gasteiger charge is 2.29. The van der Waals surface area contributed by atoms with Gasteiger partial charge in [-0.05, 0) is 56.2 Å². The van der Waals surface area contributed by atoms with Gasteiger partial charge in [0.25, 0.3) is 11.8 Å². The Hall–Kier alpha value is -2.75. The highest BCUT2D eigenvalue weighted by molar-refractivity contribution is 7.89. The van der Waals surface area contributed by atoms with Crippen molar-refractivity contribution in [3.8, 4) is 0 Å². The summed E-state index contributed by atoms with van der Waals surface area (Å²) in [7, 11) is -3.74. The van der Waals surface area contributed by atoms with Crippen LogP contribution in [0.2, 0.25) is 0 Å². The number of nitrogens with zero attached hydrogens (tertiary/aromatic N) is 2. The summed E-state index contributed by atoms with van der Waals surface area (Å²) in [5, 5.41) is 2.79. The van der Waals surface area contributed by atoms with E-state index >= 15 is 0 Å². The number of carbonyl (C=O) groups excluding carboxylic acids is 2. The standard InChI is InChI=1S/C24H31N3O5S/c1-4-18-10-11-19(17-22(18)33(30,31)27-12-14-32-15-13-27)23(28)25-21-9-7-8-20(16-21)24(29)26(5-2)6-3/h7-11,16-17H,4-6,12-15H2,1-3H3,(H,25,28). The highest BCUT2D eigenvalue weighted by atomic mass is 32.2. The van der Waals surface area contributed by atoms with Crippen molar-refractivity contribution in [2.45, 2.75) is 32.1 Å². The fourth-order valence-electron chi connectivity index (χ4n) is 3.78. The monoisotopic (exact) mass is 473 g/mol. The number of ether oxygens (including phenoxy) is 1. The maximum Gasteiger partial charge on any atom is 0.255 e. The van der Waals surface area contributed by atoms with Crippen LogP contribution in [-0.4, -0.2) is 68.8 Å². The Bertz CT molecular complexity index is 1110. The zero-order valence-electron chi connectivity index (χ0n) is 19.3. The summed E-state index contributed by atoms with van der Waals surface area (Å²) in [6, 6.07) is 11.5. The topological polar surface area (TPSA) is 96.0 Å². The summed E-state index contributed by atoms with van der Waals surface area (Å²) in [5.41, 5.74) is 1.84. The van der Waals surface area contributed by atoms with Crippen LogP contribution in [0.3, 0.4) is 0 Å². The smallest absolute Gasteiger partial charge is 0.255 e. The molecule has 2 aromatic rings. The lowest BCUT2D eigenvalue weighted by molar-refractivity contribution is 0.0730. The first-order valence-corrected chi connectivity index (χ1v) is 12.7. The molecule has 2 amide bonds. The number of anilines is 1. The lowest BCUT2D eigenvalue weighted by atomic mass is 10.1. The number of rotatable bonds is 8. The van der Waals surface area contributed by atoms with E-state index in [2.05, 4.69) is 5.32 Å². The van der Waals surface area contributed by atoms with E-state index in [4.69, 9.17) is 4.74 Å². The predicted octanol–water partition coefficient (Wildman–Crippen LogP) is 3.00. The zero-order valence-corrected chi connectivity index (χ0v) is 20.2. The second-order valence-corrected chi connectivity index (χ2v) is 9.61. The molecule has 2 aromatic carbocycles. The van der Waals surface area contributed by atoms with Crippen LogP contribution in [0.15, 0.2) is 47.4 Å². The average molecular weight is 474 g/mol. The van der Waals surface area contributed by atoms with E-state index in [0.717, 1.165) is 0 Å². The van der Waals surface area contributed by atoms with E-state index in [-0.39, 0.29) is 29.5 Å². The second kappa shape index (κ2) is 10.9. The van der Waals surface area contributed by atoms with E-state index in [1.54, 1.807) is 41.3 Å². The van der Waals surface area contributed by atoms with Gasteiger partial charge in [0.05, 0.1) is 18.1 Å². The Morgan fingerprint density at radius 3 is 2.33 bits per heavy atom. The molecule has 0 unspecified atom stereocenters. The summed E-state index contributed by atoms with van der Waals surface area (Å²) in [6.45, 7) is 8.17. The second-order valence-electron chi connectivity index (χ2n) is 7.70. The normalized spacial score (nSPS) is 14.6. The van der Waals surface area contributed by atoms with Crippen molar-refractivity contribution in [1.29, 1.82) is 0 Å². The molecule has 1 saturated heterocycles. The summed E-state index contributed by atoms with van der Waals surface area (Å²) < 4.78 is 33.1. The van der Waals surface area contributed by atoms with Crippen molar-refractivity contribution < 1.29 is 22.7 Å². The number of morpholine rings is 1. The highest BCUT2D eigenvalue weighted by Crippen LogP contribution is 2.24. The molecular weight excluding hydrogens is 442 g/mol. The molecule has 0 saturated carbocycles. The molecule has 8 nitrogen and oxygen atoms in total. The minimum Gasteiger partial charge on any atom is -0.379 e. The first kappa shape index (κ1) is 24.9. The fraction of sp³-hybridized carbons (Fsp3) is 0.417. The van der Waals surface area contributed by atoms with Gasteiger partial charge in [0.1, 0.15) is 0 Å². The minimum atomic E-state index is -3.74. The largest absolute Gasteiger partial charge is 0.379 e. The molecule has 0 aliphatic carbocycles. The predicted molar refractivity (Wildman–Crippen MR) is 127 cm³/mol. The van der Waals surface area contributed by atoms with Crippen molar-refractivity contribution in [2.24, 2.45) is 0 Å². The third kappa shape index (κ3) is 5.61. The molecule has 1 aliphatic rings. The molecule has 0 aromatic heterocycles. The van der Waals surface area contributed by atoms with Gasteiger partial charge in [0.15, 0.2) is 0 Å². The number of hydrogen-bond acceptors (Lipinski definition) is 5. The SMILES string of the molecule is CCc1ccc(C(=O)Nc2cccc(C(=O)N(CC)CC)c2)cc1S(=O)(=O)N1CCOCC1. The number of aryl methyl sites for hydroxylation is 1. The van der Waals surface area contributed by atoms with E-state index in [0.29, 0.717) is 49.5 Å². The van der Waals surface area contributed by atoms with Gasteiger partial charge >= 0.3 is 0 Å². The molecule has 0 bridgehead atoms. The Kier molecular flexibility index (Phi) is 8.23. The maximum atomic E-state index is 13.2. The number of amides is 2. The molecule has 3 rings (SSSR count). The van der Waals surface area contributed by atoms with Crippen LogP contribution in [0.4, 0.5) is 5.69 Å². The molecule has 1 fully saturated rings. The van der Waals surface area contributed by atoms with Crippen molar-refractivity contribution in [2.75, 3.05) is 44.7 Å². The minimum absolute atomic E-state index is 0.109. The summed E-state index contributed by atoms with van der Waals surface area (Å²) in [6.07, 6.45) is 0.524. The molecule has 0 atom stereocenters. The van der Waals surface area contributed by atoms with E-state index in [1.807, 2.05) is 20.8 Å².